The lowest BCUT2D eigenvalue weighted by molar-refractivity contribution is -0.123. The molecule has 3 N–H and O–H groups in total. The normalized spacial score (nSPS) is 12.1. The van der Waals surface area contributed by atoms with Crippen LogP contribution in [0, 0.1) is 5.92 Å². The third-order valence-corrected chi connectivity index (χ3v) is 5.37. The Morgan fingerprint density at radius 3 is 2.43 bits per heavy atom. The Morgan fingerprint density at radius 1 is 1.20 bits per heavy atom. The van der Waals surface area contributed by atoms with Crippen LogP contribution in [0.3, 0.4) is 0 Å². The fraction of sp³-hybridized carbons (Fsp3) is 0.500. The first kappa shape index (κ1) is 24.2. The van der Waals surface area contributed by atoms with Crippen molar-refractivity contribution in [2.75, 3.05) is 18.9 Å². The molecule has 1 aromatic carbocycles. The molecule has 3 rings (SSSR count). The van der Waals surface area contributed by atoms with Crippen LogP contribution in [0.1, 0.15) is 51.4 Å². The molecule has 2 heterocycles. The minimum Gasteiger partial charge on any atom is -0.491 e. The smallest absolute Gasteiger partial charge is 0.222 e. The summed E-state index contributed by atoms with van der Waals surface area (Å²) in [6, 6.07) is 1.71. The van der Waals surface area contributed by atoms with Crippen molar-refractivity contribution in [3.8, 4) is 17.0 Å². The minimum absolute atomic E-state index is 0.120. The van der Waals surface area contributed by atoms with Gasteiger partial charge in [-0.2, -0.15) is 0 Å². The van der Waals surface area contributed by atoms with E-state index in [-0.39, 0.29) is 17.8 Å². The van der Waals surface area contributed by atoms with Gasteiger partial charge in [-0.05, 0) is 31.4 Å². The van der Waals surface area contributed by atoms with E-state index in [0.29, 0.717) is 22.4 Å². The molecule has 0 radical (unpaired) electrons. The molecule has 8 heteroatoms. The number of aromatic nitrogens is 2. The van der Waals surface area contributed by atoms with Gasteiger partial charge in [0.05, 0.1) is 22.3 Å². The first-order valence-corrected chi connectivity index (χ1v) is 11.1. The largest absolute Gasteiger partial charge is 0.491 e. The van der Waals surface area contributed by atoms with Gasteiger partial charge >= 0.3 is 0 Å². The summed E-state index contributed by atoms with van der Waals surface area (Å²) in [4.78, 5) is 19.5. The number of carbonyl (C=O) groups excluding carboxylic acids is 1. The van der Waals surface area contributed by atoms with Crippen LogP contribution in [0.4, 0.5) is 5.95 Å². The van der Waals surface area contributed by atoms with Crippen LogP contribution in [0.15, 0.2) is 6.07 Å². The van der Waals surface area contributed by atoms with E-state index >= 15 is 0 Å². The van der Waals surface area contributed by atoms with Gasteiger partial charge in [-0.25, -0.2) is 9.97 Å². The summed E-state index contributed by atoms with van der Waals surface area (Å²) in [5.41, 5.74) is 10.6. The molecule has 0 atom stereocenters. The van der Waals surface area contributed by atoms with E-state index in [9.17, 15) is 4.79 Å². The summed E-state index contributed by atoms with van der Waals surface area (Å²) in [6.07, 6.45) is 2.37. The van der Waals surface area contributed by atoms with Gasteiger partial charge < -0.3 is 15.8 Å². The second-order valence-corrected chi connectivity index (χ2v) is 8.05. The average Bonchev–Trinajstić information content (AvgIpc) is 3.18. The number of ether oxygens (including phenoxy) is 1. The van der Waals surface area contributed by atoms with Crippen molar-refractivity contribution in [3.05, 3.63) is 32.9 Å². The molecule has 0 fully saturated rings. The highest BCUT2D eigenvalue weighted by molar-refractivity contribution is 6.37. The highest BCUT2D eigenvalue weighted by Gasteiger charge is 2.26. The van der Waals surface area contributed by atoms with Crippen LogP contribution in [-0.2, 0) is 24.1 Å². The molecule has 0 saturated carbocycles. The zero-order chi connectivity index (χ0) is 22.4. The number of benzene rings is 1. The van der Waals surface area contributed by atoms with Gasteiger partial charge in [-0.3, -0.25) is 4.79 Å². The number of anilines is 1. The second-order valence-electron chi connectivity index (χ2n) is 7.23. The maximum atomic E-state index is 10.6. The molecule has 2 aromatic rings. The van der Waals surface area contributed by atoms with E-state index in [1.165, 1.54) is 0 Å². The number of hydrogen-bond donors (Lipinski definition) is 2. The Balaban J connectivity index is 0.000000343. The topological polar surface area (TPSA) is 90.1 Å². The molecule has 6 nitrogen and oxygen atoms in total. The number of nitrogen functional groups attached to an aromatic ring is 1. The number of carbonyl (C=O) groups is 1. The van der Waals surface area contributed by atoms with Crippen LogP contribution in [-0.4, -0.2) is 29.0 Å². The summed E-state index contributed by atoms with van der Waals surface area (Å²) in [7, 11) is 0. The number of fused-ring (bicyclic) bond motifs is 1. The molecule has 0 unspecified atom stereocenters. The zero-order valence-corrected chi connectivity index (χ0v) is 19.7. The van der Waals surface area contributed by atoms with Gasteiger partial charge in [0.1, 0.15) is 5.75 Å². The van der Waals surface area contributed by atoms with E-state index in [0.717, 1.165) is 53.9 Å². The predicted molar refractivity (Wildman–Crippen MR) is 123 cm³/mol. The summed E-state index contributed by atoms with van der Waals surface area (Å²) >= 11 is 12.7. The van der Waals surface area contributed by atoms with E-state index < -0.39 is 0 Å². The molecule has 1 amide bonds. The Bertz CT molecular complexity index is 917. The van der Waals surface area contributed by atoms with Crippen LogP contribution in [0.5, 0.6) is 5.75 Å². The number of nitrogens with zero attached hydrogens (tertiary/aromatic N) is 2. The number of hydrogen-bond acceptors (Lipinski definition) is 5. The van der Waals surface area contributed by atoms with Crippen molar-refractivity contribution in [3.63, 3.8) is 0 Å². The fourth-order valence-electron chi connectivity index (χ4n) is 3.36. The summed E-state index contributed by atoms with van der Waals surface area (Å²) in [5.74, 6) is 1.23. The molecule has 30 heavy (non-hydrogen) atoms. The molecule has 0 saturated heterocycles. The Kier molecular flexibility index (Phi) is 8.74. The first-order valence-electron chi connectivity index (χ1n) is 10.3. The highest BCUT2D eigenvalue weighted by atomic mass is 35.5. The highest BCUT2D eigenvalue weighted by Crippen LogP contribution is 2.45. The third-order valence-electron chi connectivity index (χ3n) is 4.79. The SMILES string of the molecule is CCNC(=O)C(C)C.CCc1nc(N)nc(-c2c(Cl)cc(Cl)c3c2CCO3)c1CC. The minimum atomic E-state index is 0.120. The van der Waals surface area contributed by atoms with Crippen LogP contribution in [0.2, 0.25) is 10.0 Å². The Morgan fingerprint density at radius 2 is 1.90 bits per heavy atom. The van der Waals surface area contributed by atoms with E-state index in [2.05, 4.69) is 29.1 Å². The zero-order valence-electron chi connectivity index (χ0n) is 18.2. The molecule has 1 aliphatic heterocycles. The van der Waals surface area contributed by atoms with Crippen LogP contribution >= 0.6 is 23.2 Å². The van der Waals surface area contributed by atoms with Gasteiger partial charge in [-0.15, -0.1) is 0 Å². The number of nitrogens with two attached hydrogens (primary N) is 1. The van der Waals surface area contributed by atoms with Crippen LogP contribution in [0.25, 0.3) is 11.3 Å². The van der Waals surface area contributed by atoms with Crippen molar-refractivity contribution < 1.29 is 9.53 Å². The summed E-state index contributed by atoms with van der Waals surface area (Å²) in [5, 5.41) is 3.82. The lowest BCUT2D eigenvalue weighted by atomic mass is 9.96. The quantitative estimate of drug-likeness (QED) is 0.674. The first-order chi connectivity index (χ1) is 14.2. The van der Waals surface area contributed by atoms with Crippen molar-refractivity contribution in [2.24, 2.45) is 5.92 Å². The van der Waals surface area contributed by atoms with E-state index in [4.69, 9.17) is 33.7 Å². The fourth-order valence-corrected chi connectivity index (χ4v) is 4.00. The monoisotopic (exact) mass is 452 g/mol. The van der Waals surface area contributed by atoms with Gasteiger partial charge in [0.2, 0.25) is 11.9 Å². The van der Waals surface area contributed by atoms with Crippen molar-refractivity contribution in [2.45, 2.75) is 53.9 Å². The molecule has 1 aliphatic rings. The summed E-state index contributed by atoms with van der Waals surface area (Å²) in [6.45, 7) is 11.2. The second kappa shape index (κ2) is 10.8. The Labute approximate surface area is 188 Å². The number of aryl methyl sites for hydroxylation is 1. The van der Waals surface area contributed by atoms with E-state index in [1.807, 2.05) is 20.8 Å². The molecule has 0 aliphatic carbocycles. The molecule has 0 bridgehead atoms. The average molecular weight is 453 g/mol. The van der Waals surface area contributed by atoms with Crippen molar-refractivity contribution in [1.29, 1.82) is 0 Å². The van der Waals surface area contributed by atoms with Gasteiger partial charge in [-0.1, -0.05) is 50.9 Å². The van der Waals surface area contributed by atoms with Gasteiger partial charge in [0.15, 0.2) is 0 Å². The van der Waals surface area contributed by atoms with Crippen molar-refractivity contribution >= 4 is 35.1 Å². The summed E-state index contributed by atoms with van der Waals surface area (Å²) < 4.78 is 5.64. The molecular weight excluding hydrogens is 423 g/mol. The number of amides is 1. The lowest BCUT2D eigenvalue weighted by Gasteiger charge is -2.16. The number of halogens is 2. The standard InChI is InChI=1S/C16H17Cl2N3O.C6H13NO/c1-3-8-12(4-2)20-16(19)21-14(8)13-9-5-6-22-15(9)11(18)7-10(13)17;1-4-7-6(8)5(2)3/h7H,3-6H2,1-2H3,(H2,19,20,21);5H,4H2,1-3H3,(H,7,8). The molecule has 1 aromatic heterocycles. The lowest BCUT2D eigenvalue weighted by Crippen LogP contribution is -2.26. The Hall–Kier alpha value is -2.05. The molecule has 0 spiro atoms. The molecular formula is C22H30Cl2N4O2. The van der Waals surface area contributed by atoms with Crippen molar-refractivity contribution in [1.82, 2.24) is 15.3 Å². The van der Waals surface area contributed by atoms with Gasteiger partial charge in [0, 0.05) is 35.7 Å². The number of nitrogens with one attached hydrogen (secondary N) is 1. The number of rotatable bonds is 5. The predicted octanol–water partition coefficient (Wildman–Crippen LogP) is 4.87. The maximum absolute atomic E-state index is 10.6. The molecule has 164 valence electrons. The van der Waals surface area contributed by atoms with Crippen LogP contribution < -0.4 is 15.8 Å². The maximum Gasteiger partial charge on any atom is 0.222 e. The van der Waals surface area contributed by atoms with Gasteiger partial charge in [0.25, 0.3) is 0 Å². The van der Waals surface area contributed by atoms with E-state index in [1.54, 1.807) is 6.07 Å². The third kappa shape index (κ3) is 5.35.